The predicted molar refractivity (Wildman–Crippen MR) is 73.1 cm³/mol. The Morgan fingerprint density at radius 2 is 1.68 bits per heavy atom. The van der Waals surface area contributed by atoms with E-state index in [1.54, 1.807) is 30.3 Å². The summed E-state index contributed by atoms with van der Waals surface area (Å²) in [6.07, 6.45) is 0. The standard InChI is InChI=1S/C15H13NO3/c1-10(17)16-14-7-5-11(6-8-14)12-3-2-4-13(9-12)15(18)19/h2-9H,1H3,(H,16,17)(H,18,19). The average Bonchev–Trinajstić information content (AvgIpc) is 2.39. The van der Waals surface area contributed by atoms with Gasteiger partial charge in [0.2, 0.25) is 5.91 Å². The maximum Gasteiger partial charge on any atom is 0.335 e. The summed E-state index contributed by atoms with van der Waals surface area (Å²) in [7, 11) is 0. The third-order valence-electron chi connectivity index (χ3n) is 2.65. The number of carbonyl (C=O) groups is 2. The lowest BCUT2D eigenvalue weighted by Gasteiger charge is -2.05. The molecule has 2 aromatic carbocycles. The molecule has 0 heterocycles. The highest BCUT2D eigenvalue weighted by molar-refractivity contribution is 5.90. The molecule has 2 N–H and O–H groups in total. The van der Waals surface area contributed by atoms with Crippen LogP contribution in [0, 0.1) is 0 Å². The molecule has 0 saturated heterocycles. The van der Waals surface area contributed by atoms with Crippen molar-refractivity contribution in [2.24, 2.45) is 0 Å². The first-order valence-corrected chi connectivity index (χ1v) is 5.77. The Hall–Kier alpha value is -2.62. The number of rotatable bonds is 3. The van der Waals surface area contributed by atoms with Crippen LogP contribution >= 0.6 is 0 Å². The van der Waals surface area contributed by atoms with Gasteiger partial charge in [-0.2, -0.15) is 0 Å². The Morgan fingerprint density at radius 1 is 1.00 bits per heavy atom. The minimum absolute atomic E-state index is 0.124. The summed E-state index contributed by atoms with van der Waals surface area (Å²) in [5.41, 5.74) is 2.69. The molecule has 0 spiro atoms. The third-order valence-corrected chi connectivity index (χ3v) is 2.65. The van der Waals surface area contributed by atoms with E-state index < -0.39 is 5.97 Å². The van der Waals surface area contributed by atoms with Crippen molar-refractivity contribution in [2.45, 2.75) is 6.92 Å². The molecule has 0 bridgehead atoms. The zero-order valence-electron chi connectivity index (χ0n) is 10.4. The second-order valence-corrected chi connectivity index (χ2v) is 4.14. The number of anilines is 1. The van der Waals surface area contributed by atoms with Crippen molar-refractivity contribution < 1.29 is 14.7 Å². The van der Waals surface area contributed by atoms with E-state index in [0.29, 0.717) is 5.69 Å². The molecule has 4 nitrogen and oxygen atoms in total. The number of amides is 1. The van der Waals surface area contributed by atoms with Gasteiger partial charge in [-0.25, -0.2) is 4.79 Å². The molecule has 0 aliphatic rings. The van der Waals surface area contributed by atoms with E-state index in [0.717, 1.165) is 11.1 Å². The van der Waals surface area contributed by atoms with Crippen molar-refractivity contribution in [1.82, 2.24) is 0 Å². The third kappa shape index (κ3) is 3.19. The zero-order valence-corrected chi connectivity index (χ0v) is 10.4. The molecule has 0 saturated carbocycles. The van der Waals surface area contributed by atoms with Gasteiger partial charge in [0, 0.05) is 12.6 Å². The van der Waals surface area contributed by atoms with Gasteiger partial charge in [0.15, 0.2) is 0 Å². The quantitative estimate of drug-likeness (QED) is 0.885. The number of hydrogen-bond acceptors (Lipinski definition) is 2. The minimum atomic E-state index is -0.947. The number of carbonyl (C=O) groups excluding carboxylic acids is 1. The number of nitrogens with one attached hydrogen (secondary N) is 1. The van der Waals surface area contributed by atoms with Gasteiger partial charge in [-0.3, -0.25) is 4.79 Å². The average molecular weight is 255 g/mol. The molecular weight excluding hydrogens is 242 g/mol. The van der Waals surface area contributed by atoms with Gasteiger partial charge < -0.3 is 10.4 Å². The van der Waals surface area contributed by atoms with Gasteiger partial charge in [-0.1, -0.05) is 24.3 Å². The molecule has 2 aromatic rings. The second kappa shape index (κ2) is 5.35. The van der Waals surface area contributed by atoms with Gasteiger partial charge in [0.1, 0.15) is 0 Å². The number of hydrogen-bond donors (Lipinski definition) is 2. The largest absolute Gasteiger partial charge is 0.478 e. The number of aromatic carboxylic acids is 1. The first kappa shape index (κ1) is 12.8. The van der Waals surface area contributed by atoms with Crippen molar-refractivity contribution in [3.63, 3.8) is 0 Å². The molecule has 0 aliphatic carbocycles. The SMILES string of the molecule is CC(=O)Nc1ccc(-c2cccc(C(=O)O)c2)cc1. The Morgan fingerprint density at radius 3 is 2.26 bits per heavy atom. The van der Waals surface area contributed by atoms with E-state index in [9.17, 15) is 9.59 Å². The van der Waals surface area contributed by atoms with Gasteiger partial charge in [-0.05, 0) is 35.4 Å². The Bertz CT molecular complexity index is 618. The molecule has 1 amide bonds. The maximum absolute atomic E-state index is 10.9. The van der Waals surface area contributed by atoms with Gasteiger partial charge in [0.05, 0.1) is 5.56 Å². The lowest BCUT2D eigenvalue weighted by atomic mass is 10.0. The summed E-state index contributed by atoms with van der Waals surface area (Å²) in [5.74, 6) is -1.07. The van der Waals surface area contributed by atoms with Crippen LogP contribution in [0.4, 0.5) is 5.69 Å². The number of benzene rings is 2. The van der Waals surface area contributed by atoms with E-state index in [4.69, 9.17) is 5.11 Å². The highest BCUT2D eigenvalue weighted by atomic mass is 16.4. The molecule has 0 aliphatic heterocycles. The Kier molecular flexibility index (Phi) is 3.61. The van der Waals surface area contributed by atoms with Crippen LogP contribution in [0.25, 0.3) is 11.1 Å². The number of carboxylic acids is 1. The Labute approximate surface area is 110 Å². The van der Waals surface area contributed by atoms with Crippen molar-refractivity contribution in [3.05, 3.63) is 54.1 Å². The fraction of sp³-hybridized carbons (Fsp3) is 0.0667. The topological polar surface area (TPSA) is 66.4 Å². The molecule has 4 heteroatoms. The normalized spacial score (nSPS) is 9.95. The van der Waals surface area contributed by atoms with Crippen LogP contribution in [-0.4, -0.2) is 17.0 Å². The van der Waals surface area contributed by atoms with E-state index in [2.05, 4.69) is 5.32 Å². The monoisotopic (exact) mass is 255 g/mol. The van der Waals surface area contributed by atoms with Crippen molar-refractivity contribution in [2.75, 3.05) is 5.32 Å². The van der Waals surface area contributed by atoms with Gasteiger partial charge in [0.25, 0.3) is 0 Å². The summed E-state index contributed by atoms with van der Waals surface area (Å²) in [4.78, 5) is 21.8. The van der Waals surface area contributed by atoms with Gasteiger partial charge in [-0.15, -0.1) is 0 Å². The Balaban J connectivity index is 2.29. The van der Waals surface area contributed by atoms with Crippen LogP contribution in [0.2, 0.25) is 0 Å². The molecule has 0 fully saturated rings. The lowest BCUT2D eigenvalue weighted by Crippen LogP contribution is -2.05. The summed E-state index contributed by atoms with van der Waals surface area (Å²) < 4.78 is 0. The summed E-state index contributed by atoms with van der Waals surface area (Å²) >= 11 is 0. The van der Waals surface area contributed by atoms with Crippen LogP contribution in [0.3, 0.4) is 0 Å². The molecule has 0 aromatic heterocycles. The van der Waals surface area contributed by atoms with E-state index in [1.807, 2.05) is 18.2 Å². The molecule has 96 valence electrons. The summed E-state index contributed by atoms with van der Waals surface area (Å²) in [5, 5.41) is 11.6. The number of carboxylic acid groups (broad SMARTS) is 1. The summed E-state index contributed by atoms with van der Waals surface area (Å²) in [6, 6.07) is 14.0. The van der Waals surface area contributed by atoms with Crippen molar-refractivity contribution in [3.8, 4) is 11.1 Å². The first-order chi connectivity index (χ1) is 9.06. The highest BCUT2D eigenvalue weighted by Gasteiger charge is 2.05. The van der Waals surface area contributed by atoms with Crippen molar-refractivity contribution in [1.29, 1.82) is 0 Å². The molecule has 19 heavy (non-hydrogen) atoms. The molecular formula is C15H13NO3. The first-order valence-electron chi connectivity index (χ1n) is 5.77. The molecule has 2 rings (SSSR count). The smallest absolute Gasteiger partial charge is 0.335 e. The fourth-order valence-corrected chi connectivity index (χ4v) is 1.78. The predicted octanol–water partition coefficient (Wildman–Crippen LogP) is 3.01. The minimum Gasteiger partial charge on any atom is -0.478 e. The van der Waals surface area contributed by atoms with Gasteiger partial charge >= 0.3 is 5.97 Å². The highest BCUT2D eigenvalue weighted by Crippen LogP contribution is 2.22. The van der Waals surface area contributed by atoms with Crippen LogP contribution < -0.4 is 5.32 Å². The van der Waals surface area contributed by atoms with Crippen LogP contribution in [0.1, 0.15) is 17.3 Å². The fourth-order valence-electron chi connectivity index (χ4n) is 1.78. The molecule has 0 radical (unpaired) electrons. The zero-order chi connectivity index (χ0) is 13.8. The second-order valence-electron chi connectivity index (χ2n) is 4.14. The maximum atomic E-state index is 10.9. The van der Waals surface area contributed by atoms with Crippen LogP contribution in [0.15, 0.2) is 48.5 Å². The summed E-state index contributed by atoms with van der Waals surface area (Å²) in [6.45, 7) is 1.45. The molecule has 0 unspecified atom stereocenters. The van der Waals surface area contributed by atoms with E-state index in [1.165, 1.54) is 6.92 Å². The molecule has 0 atom stereocenters. The van der Waals surface area contributed by atoms with Crippen molar-refractivity contribution >= 4 is 17.6 Å². The van der Waals surface area contributed by atoms with Crippen LogP contribution in [-0.2, 0) is 4.79 Å². The van der Waals surface area contributed by atoms with E-state index in [-0.39, 0.29) is 11.5 Å². The van der Waals surface area contributed by atoms with Crippen LogP contribution in [0.5, 0.6) is 0 Å². The van der Waals surface area contributed by atoms with E-state index >= 15 is 0 Å². The lowest BCUT2D eigenvalue weighted by molar-refractivity contribution is -0.114.